The van der Waals surface area contributed by atoms with E-state index < -0.39 is 44.8 Å². The third kappa shape index (κ3) is 5.66. The average molecular weight is 533 g/mol. The van der Waals surface area contributed by atoms with Crippen molar-refractivity contribution in [2.45, 2.75) is 31.1 Å². The van der Waals surface area contributed by atoms with E-state index in [9.17, 15) is 14.8 Å². The van der Waals surface area contributed by atoms with Crippen LogP contribution in [-0.2, 0) is 25.1 Å². The van der Waals surface area contributed by atoms with Gasteiger partial charge in [-0.3, -0.25) is 4.52 Å². The number of ether oxygens (including phenoxy) is 3. The summed E-state index contributed by atoms with van der Waals surface area (Å²) in [4.78, 5) is 26.0. The largest absolute Gasteiger partial charge is 0.490 e. The van der Waals surface area contributed by atoms with Gasteiger partial charge in [0.05, 0.1) is 6.61 Å². The summed E-state index contributed by atoms with van der Waals surface area (Å²) in [6.45, 7) is -0.0934. The van der Waals surface area contributed by atoms with Crippen molar-refractivity contribution in [2.24, 2.45) is 0 Å². The molecule has 35 heavy (non-hydrogen) atoms. The smallest absolute Gasteiger partial charge is 0.469 e. The highest BCUT2D eigenvalue weighted by Crippen LogP contribution is 2.39. The van der Waals surface area contributed by atoms with Gasteiger partial charge in [-0.15, -0.1) is 0 Å². The number of rotatable bonds is 9. The van der Waals surface area contributed by atoms with Gasteiger partial charge in [0.2, 0.25) is 18.5 Å². The summed E-state index contributed by atoms with van der Waals surface area (Å²) < 4.78 is 35.5. The highest BCUT2D eigenvalue weighted by atomic mass is 35.5. The number of phosphoric ester groups is 1. The number of hydrogen-bond acceptors (Lipinski definition) is 10. The van der Waals surface area contributed by atoms with Crippen molar-refractivity contribution >= 4 is 36.5 Å². The van der Waals surface area contributed by atoms with Gasteiger partial charge in [0.25, 0.3) is 17.0 Å². The quantitative estimate of drug-likeness (QED) is 0.185. The Balaban J connectivity index is 1.62. The molecule has 190 valence electrons. The summed E-state index contributed by atoms with van der Waals surface area (Å²) in [7, 11) is -3.46. The second-order valence-electron chi connectivity index (χ2n) is 7.64. The standard InChI is InChI=1S/C19H23ClN5O9P/c1-31-15-12(8-33-35(28,29)30)34-18(14(15)26)25-9-24(13-16(25)22-19(21)23-17(13)27)6-7-32-11-4-2-10(20)3-5-11/h2-5,9,12,14-15,18,26H,6-8H2,1H3,(H4-,21,22,23,27,28,29,30)/p+1/t12?,14-,15-,18-/m1/s1. The predicted octanol–water partition coefficient (Wildman–Crippen LogP) is 0.122. The van der Waals surface area contributed by atoms with Crippen LogP contribution in [0.1, 0.15) is 6.23 Å². The molecule has 1 aliphatic rings. The number of nitrogen functional groups attached to an aromatic ring is 1. The molecule has 3 heterocycles. The summed E-state index contributed by atoms with van der Waals surface area (Å²) >= 11 is 5.88. The monoisotopic (exact) mass is 532 g/mol. The molecule has 1 unspecified atom stereocenters. The molecule has 0 spiro atoms. The molecule has 4 rings (SSSR count). The first-order valence-electron chi connectivity index (χ1n) is 10.3. The number of aliphatic hydroxyl groups excluding tert-OH is 1. The number of benzene rings is 1. The first-order chi connectivity index (χ1) is 16.6. The molecule has 0 saturated carbocycles. The molecule has 16 heteroatoms. The van der Waals surface area contributed by atoms with Gasteiger partial charge >= 0.3 is 7.82 Å². The Hall–Kier alpha value is -2.55. The van der Waals surface area contributed by atoms with Gasteiger partial charge in [-0.25, -0.2) is 9.13 Å². The van der Waals surface area contributed by atoms with Crippen molar-refractivity contribution in [1.82, 2.24) is 14.5 Å². The van der Waals surface area contributed by atoms with Crippen LogP contribution in [-0.4, -0.2) is 73.2 Å². The number of hydrogen-bond donors (Lipinski definition) is 5. The van der Waals surface area contributed by atoms with Crippen molar-refractivity contribution in [3.8, 4) is 11.6 Å². The molecule has 1 fully saturated rings. The SMILES string of the molecule is CO[C@@H]1C(COP(=O)(O)O)O[C@@H](n2c[n+](CCOc3ccc(Cl)cc3)c3c(O)nc(N)nc32)[C@@H]1O. The Kier molecular flexibility index (Phi) is 7.45. The van der Waals surface area contributed by atoms with E-state index in [0.717, 1.165) is 0 Å². The minimum atomic E-state index is -4.78. The van der Waals surface area contributed by atoms with Crippen molar-refractivity contribution in [1.29, 1.82) is 0 Å². The van der Waals surface area contributed by atoms with Crippen LogP contribution < -0.4 is 15.0 Å². The van der Waals surface area contributed by atoms with Crippen LogP contribution in [0.3, 0.4) is 0 Å². The number of anilines is 1. The van der Waals surface area contributed by atoms with Crippen LogP contribution in [0.5, 0.6) is 11.6 Å². The zero-order valence-electron chi connectivity index (χ0n) is 18.3. The lowest BCUT2D eigenvalue weighted by atomic mass is 10.1. The molecular weight excluding hydrogens is 509 g/mol. The van der Waals surface area contributed by atoms with Gasteiger partial charge in [0.15, 0.2) is 0 Å². The van der Waals surface area contributed by atoms with Crippen LogP contribution in [0.25, 0.3) is 11.2 Å². The first-order valence-corrected chi connectivity index (χ1v) is 12.2. The maximum Gasteiger partial charge on any atom is 0.469 e. The number of nitrogens with two attached hydrogens (primary N) is 1. The van der Waals surface area contributed by atoms with E-state index in [1.54, 1.807) is 28.8 Å². The molecule has 0 radical (unpaired) electrons. The van der Waals surface area contributed by atoms with Gasteiger partial charge < -0.3 is 39.9 Å². The van der Waals surface area contributed by atoms with E-state index >= 15 is 0 Å². The van der Waals surface area contributed by atoms with Gasteiger partial charge in [0, 0.05) is 12.1 Å². The lowest BCUT2D eigenvalue weighted by molar-refractivity contribution is -0.673. The zero-order valence-corrected chi connectivity index (χ0v) is 20.0. The fourth-order valence-corrected chi connectivity index (χ4v) is 4.31. The topological polar surface area (TPSA) is 196 Å². The predicted molar refractivity (Wildman–Crippen MR) is 119 cm³/mol. The summed E-state index contributed by atoms with van der Waals surface area (Å²) in [6, 6.07) is 6.81. The number of aromatic nitrogens is 4. The first kappa shape index (κ1) is 25.5. The van der Waals surface area contributed by atoms with Crippen molar-refractivity contribution < 1.29 is 47.9 Å². The van der Waals surface area contributed by atoms with Gasteiger partial charge in [-0.2, -0.15) is 14.5 Å². The molecule has 1 saturated heterocycles. The lowest BCUT2D eigenvalue weighted by Gasteiger charge is -2.17. The summed E-state index contributed by atoms with van der Waals surface area (Å²) in [5.41, 5.74) is 6.08. The third-order valence-electron chi connectivity index (χ3n) is 5.34. The number of methoxy groups -OCH3 is 1. The highest BCUT2D eigenvalue weighted by molar-refractivity contribution is 7.46. The van der Waals surface area contributed by atoms with Crippen LogP contribution in [0, 0.1) is 0 Å². The third-order valence-corrected chi connectivity index (χ3v) is 6.07. The zero-order chi connectivity index (χ0) is 25.3. The Bertz CT molecular complexity index is 1240. The van der Waals surface area contributed by atoms with Crippen LogP contribution in [0.15, 0.2) is 30.6 Å². The van der Waals surface area contributed by atoms with Crippen LogP contribution in [0.4, 0.5) is 5.95 Å². The van der Waals surface area contributed by atoms with Crippen molar-refractivity contribution in [3.05, 3.63) is 35.6 Å². The molecule has 14 nitrogen and oxygen atoms in total. The Morgan fingerprint density at radius 3 is 2.66 bits per heavy atom. The molecule has 6 N–H and O–H groups in total. The molecule has 0 bridgehead atoms. The fourth-order valence-electron chi connectivity index (χ4n) is 3.84. The second-order valence-corrected chi connectivity index (χ2v) is 9.31. The minimum absolute atomic E-state index is 0.150. The number of aliphatic hydroxyl groups is 1. The fraction of sp³-hybridized carbons (Fsp3) is 0.421. The number of fused-ring (bicyclic) bond motifs is 1. The molecule has 3 aromatic rings. The Labute approximate surface area is 203 Å². The number of aromatic hydroxyl groups is 1. The number of imidazole rings is 1. The molecule has 1 aliphatic heterocycles. The molecule has 0 aliphatic carbocycles. The summed E-state index contributed by atoms with van der Waals surface area (Å²) in [5.74, 6) is -0.0141. The van der Waals surface area contributed by atoms with Gasteiger partial charge in [-0.05, 0) is 24.3 Å². The lowest BCUT2D eigenvalue weighted by Crippen LogP contribution is -2.37. The summed E-state index contributed by atoms with van der Waals surface area (Å²) in [6.07, 6.45) is -2.85. The van der Waals surface area contributed by atoms with E-state index in [1.807, 2.05) is 0 Å². The molecular formula is C19H24ClN5O9P+. The van der Waals surface area contributed by atoms with E-state index in [0.29, 0.717) is 10.8 Å². The molecule has 1 aromatic carbocycles. The maximum atomic E-state index is 11.1. The van der Waals surface area contributed by atoms with Crippen molar-refractivity contribution in [3.63, 3.8) is 0 Å². The minimum Gasteiger partial charge on any atom is -0.490 e. The van der Waals surface area contributed by atoms with Gasteiger partial charge in [0.1, 0.15) is 37.2 Å². The van der Waals surface area contributed by atoms with E-state index in [4.69, 9.17) is 41.3 Å². The summed E-state index contributed by atoms with van der Waals surface area (Å²) in [5, 5.41) is 21.9. The number of nitrogens with zero attached hydrogens (tertiary/aromatic N) is 4. The number of phosphoric acid groups is 1. The average Bonchev–Trinajstić information content (AvgIpc) is 3.30. The van der Waals surface area contributed by atoms with E-state index in [1.165, 1.54) is 18.0 Å². The molecule has 0 amide bonds. The van der Waals surface area contributed by atoms with Gasteiger partial charge in [-0.1, -0.05) is 11.6 Å². The number of halogens is 1. The van der Waals surface area contributed by atoms with Crippen LogP contribution in [0.2, 0.25) is 5.02 Å². The van der Waals surface area contributed by atoms with E-state index in [2.05, 4.69) is 14.5 Å². The van der Waals surface area contributed by atoms with Crippen LogP contribution >= 0.6 is 19.4 Å². The maximum absolute atomic E-state index is 11.1. The molecule has 4 atom stereocenters. The van der Waals surface area contributed by atoms with E-state index in [-0.39, 0.29) is 30.3 Å². The van der Waals surface area contributed by atoms with Crippen molar-refractivity contribution in [2.75, 3.05) is 26.1 Å². The highest BCUT2D eigenvalue weighted by Gasteiger charge is 2.49. The molecule has 2 aromatic heterocycles. The second kappa shape index (κ2) is 10.2. The Morgan fingerprint density at radius 1 is 1.29 bits per heavy atom. The normalized spacial score (nSPS) is 22.7. The Morgan fingerprint density at radius 2 is 2.00 bits per heavy atom.